The molecular weight excluding hydrogens is 345 g/mol. The van der Waals surface area contributed by atoms with Crippen LogP contribution >= 0.6 is 27.5 Å². The van der Waals surface area contributed by atoms with Crippen molar-refractivity contribution in [1.29, 1.82) is 0 Å². The number of hydrogen-bond acceptors (Lipinski definition) is 2. The topological polar surface area (TPSA) is 35.2 Å². The molecule has 0 bridgehead atoms. The number of para-hydroxylation sites is 1. The van der Waals surface area contributed by atoms with Gasteiger partial charge in [0.05, 0.1) is 5.02 Å². The first-order chi connectivity index (χ1) is 9.47. The molecule has 2 N–H and O–H groups in total. The van der Waals surface area contributed by atoms with Gasteiger partial charge in [-0.15, -0.1) is 0 Å². The Morgan fingerprint density at radius 3 is 2.80 bits per heavy atom. The lowest BCUT2D eigenvalue weighted by Crippen LogP contribution is -2.18. The summed E-state index contributed by atoms with van der Waals surface area (Å²) in [6, 6.07) is 9.89. The lowest BCUT2D eigenvalue weighted by molar-refractivity contribution is 0.434. The third kappa shape index (κ3) is 3.72. The van der Waals surface area contributed by atoms with Crippen molar-refractivity contribution in [2.75, 3.05) is 0 Å². The van der Waals surface area contributed by atoms with Gasteiger partial charge in [-0.3, -0.25) is 0 Å². The molecule has 0 spiro atoms. The summed E-state index contributed by atoms with van der Waals surface area (Å²) in [7, 11) is 0. The summed E-state index contributed by atoms with van der Waals surface area (Å²) >= 11 is 9.40. The normalized spacial score (nSPS) is 12.2. The fourth-order valence-electron chi connectivity index (χ4n) is 1.84. The molecule has 0 amide bonds. The molecule has 0 fully saturated rings. The first kappa shape index (κ1) is 15.3. The van der Waals surface area contributed by atoms with Crippen molar-refractivity contribution in [3.05, 3.63) is 57.3 Å². The lowest BCUT2D eigenvalue weighted by Gasteiger charge is -2.14. The molecule has 2 aromatic rings. The summed E-state index contributed by atoms with van der Waals surface area (Å²) in [5.41, 5.74) is 6.50. The Morgan fingerprint density at radius 2 is 2.10 bits per heavy atom. The molecule has 1 unspecified atom stereocenters. The average molecular weight is 359 g/mol. The molecule has 106 valence electrons. The molecule has 2 rings (SSSR count). The van der Waals surface area contributed by atoms with Gasteiger partial charge in [-0.25, -0.2) is 4.39 Å². The number of hydrogen-bond donors (Lipinski definition) is 1. The van der Waals surface area contributed by atoms with E-state index in [4.69, 9.17) is 22.1 Å². The van der Waals surface area contributed by atoms with E-state index in [1.54, 1.807) is 30.3 Å². The van der Waals surface area contributed by atoms with Gasteiger partial charge in [-0.1, -0.05) is 39.7 Å². The molecule has 5 heteroatoms. The molecule has 0 aliphatic carbocycles. The standard InChI is InChI=1S/C15H14BrClFNO/c1-9(19)7-10-3-2-4-13(18)15(10)20-14-8-11(16)5-6-12(14)17/h2-6,8-9H,7,19H2,1H3. The van der Waals surface area contributed by atoms with Crippen molar-refractivity contribution < 1.29 is 9.13 Å². The minimum atomic E-state index is -0.431. The summed E-state index contributed by atoms with van der Waals surface area (Å²) < 4.78 is 20.5. The molecular formula is C15H14BrClFNO. The highest BCUT2D eigenvalue weighted by Crippen LogP contribution is 2.35. The van der Waals surface area contributed by atoms with Gasteiger partial charge in [0.15, 0.2) is 11.6 Å². The van der Waals surface area contributed by atoms with E-state index < -0.39 is 5.82 Å². The lowest BCUT2D eigenvalue weighted by atomic mass is 10.1. The largest absolute Gasteiger partial charge is 0.452 e. The second kappa shape index (κ2) is 6.57. The minimum absolute atomic E-state index is 0.0860. The van der Waals surface area contributed by atoms with Gasteiger partial charge in [0.2, 0.25) is 0 Å². The van der Waals surface area contributed by atoms with Crippen LogP contribution in [0, 0.1) is 5.82 Å². The molecule has 2 aromatic carbocycles. The monoisotopic (exact) mass is 357 g/mol. The fraction of sp³-hybridized carbons (Fsp3) is 0.200. The van der Waals surface area contributed by atoms with Crippen molar-refractivity contribution in [2.24, 2.45) is 5.73 Å². The Hall–Kier alpha value is -1.10. The van der Waals surface area contributed by atoms with Crippen LogP contribution in [0.5, 0.6) is 11.5 Å². The van der Waals surface area contributed by atoms with E-state index in [-0.39, 0.29) is 11.8 Å². The fourth-order valence-corrected chi connectivity index (χ4v) is 2.34. The highest BCUT2D eigenvalue weighted by molar-refractivity contribution is 9.10. The summed E-state index contributed by atoms with van der Waals surface area (Å²) in [5, 5.41) is 0.420. The maximum atomic E-state index is 14.0. The predicted molar refractivity (Wildman–Crippen MR) is 83.0 cm³/mol. The zero-order valence-electron chi connectivity index (χ0n) is 10.9. The van der Waals surface area contributed by atoms with E-state index in [1.165, 1.54) is 6.07 Å². The van der Waals surface area contributed by atoms with E-state index in [9.17, 15) is 4.39 Å². The molecule has 0 heterocycles. The van der Waals surface area contributed by atoms with Gasteiger partial charge in [-0.05, 0) is 43.2 Å². The molecule has 0 aliphatic heterocycles. The van der Waals surface area contributed by atoms with Crippen LogP contribution in [0.4, 0.5) is 4.39 Å². The smallest absolute Gasteiger partial charge is 0.166 e. The molecule has 0 saturated carbocycles. The van der Waals surface area contributed by atoms with E-state index in [0.29, 0.717) is 17.2 Å². The van der Waals surface area contributed by atoms with Crippen molar-refractivity contribution in [2.45, 2.75) is 19.4 Å². The number of rotatable bonds is 4. The second-order valence-corrected chi connectivity index (χ2v) is 5.91. The maximum Gasteiger partial charge on any atom is 0.166 e. The third-order valence-electron chi connectivity index (χ3n) is 2.70. The van der Waals surface area contributed by atoms with Crippen LogP contribution in [0.15, 0.2) is 40.9 Å². The third-order valence-corrected chi connectivity index (χ3v) is 3.50. The summed E-state index contributed by atoms with van der Waals surface area (Å²) in [6.45, 7) is 1.86. The van der Waals surface area contributed by atoms with Crippen molar-refractivity contribution in [1.82, 2.24) is 0 Å². The van der Waals surface area contributed by atoms with Gasteiger partial charge in [0.25, 0.3) is 0 Å². The zero-order chi connectivity index (χ0) is 14.7. The van der Waals surface area contributed by atoms with Gasteiger partial charge in [-0.2, -0.15) is 0 Å². The Kier molecular flexibility index (Phi) is 5.02. The van der Waals surface area contributed by atoms with Crippen LogP contribution in [0.25, 0.3) is 0 Å². The summed E-state index contributed by atoms with van der Waals surface area (Å²) in [4.78, 5) is 0. The molecule has 0 aliphatic rings. The number of nitrogens with two attached hydrogens (primary N) is 1. The van der Waals surface area contributed by atoms with Gasteiger partial charge >= 0.3 is 0 Å². The van der Waals surface area contributed by atoms with Gasteiger partial charge in [0.1, 0.15) is 5.75 Å². The molecule has 0 radical (unpaired) electrons. The van der Waals surface area contributed by atoms with Crippen LogP contribution in [0.3, 0.4) is 0 Å². The van der Waals surface area contributed by atoms with E-state index in [2.05, 4.69) is 15.9 Å². The SMILES string of the molecule is CC(N)Cc1cccc(F)c1Oc1cc(Br)ccc1Cl. The van der Waals surface area contributed by atoms with Crippen molar-refractivity contribution >= 4 is 27.5 Å². The Bertz CT molecular complexity index is 619. The maximum absolute atomic E-state index is 14.0. The Morgan fingerprint density at radius 1 is 1.35 bits per heavy atom. The van der Waals surface area contributed by atoms with Crippen LogP contribution in [-0.2, 0) is 6.42 Å². The molecule has 2 nitrogen and oxygen atoms in total. The first-order valence-corrected chi connectivity index (χ1v) is 7.30. The van der Waals surface area contributed by atoms with Gasteiger partial charge in [0, 0.05) is 10.5 Å². The molecule has 0 aromatic heterocycles. The Labute approximate surface area is 130 Å². The van der Waals surface area contributed by atoms with Crippen LogP contribution in [-0.4, -0.2) is 6.04 Å². The molecule has 1 atom stereocenters. The highest BCUT2D eigenvalue weighted by atomic mass is 79.9. The number of benzene rings is 2. The van der Waals surface area contributed by atoms with Gasteiger partial charge < -0.3 is 10.5 Å². The van der Waals surface area contributed by atoms with Crippen molar-refractivity contribution in [3.8, 4) is 11.5 Å². The highest BCUT2D eigenvalue weighted by Gasteiger charge is 2.14. The summed E-state index contributed by atoms with van der Waals surface area (Å²) in [5.74, 6) is 0.140. The van der Waals surface area contributed by atoms with Crippen LogP contribution in [0.1, 0.15) is 12.5 Å². The molecule has 0 saturated heterocycles. The first-order valence-electron chi connectivity index (χ1n) is 6.13. The predicted octanol–water partition coefficient (Wildman–Crippen LogP) is 4.92. The zero-order valence-corrected chi connectivity index (χ0v) is 13.2. The van der Waals surface area contributed by atoms with E-state index in [0.717, 1.165) is 10.0 Å². The average Bonchev–Trinajstić information content (AvgIpc) is 2.37. The number of ether oxygens (including phenoxy) is 1. The van der Waals surface area contributed by atoms with E-state index >= 15 is 0 Å². The Balaban J connectivity index is 2.39. The van der Waals surface area contributed by atoms with Crippen LogP contribution < -0.4 is 10.5 Å². The summed E-state index contributed by atoms with van der Waals surface area (Å²) in [6.07, 6.45) is 0.527. The second-order valence-electron chi connectivity index (χ2n) is 4.59. The van der Waals surface area contributed by atoms with Crippen LogP contribution in [0.2, 0.25) is 5.02 Å². The quantitative estimate of drug-likeness (QED) is 0.841. The number of halogens is 3. The molecule has 20 heavy (non-hydrogen) atoms. The van der Waals surface area contributed by atoms with E-state index in [1.807, 2.05) is 6.92 Å². The minimum Gasteiger partial charge on any atom is -0.452 e. The van der Waals surface area contributed by atoms with Crippen molar-refractivity contribution in [3.63, 3.8) is 0 Å².